The summed E-state index contributed by atoms with van der Waals surface area (Å²) in [6.45, 7) is 3.98. The van der Waals surface area contributed by atoms with Crippen LogP contribution in [-0.4, -0.2) is 11.8 Å². The topological polar surface area (TPSA) is 0 Å². The maximum Gasteiger partial charge on any atom is 0.0433 e. The lowest BCUT2D eigenvalue weighted by atomic mass is 10.2. The Balaban J connectivity index is 3.91. The first kappa shape index (κ1) is 10.1. The second kappa shape index (κ2) is 5.82. The van der Waals surface area contributed by atoms with Gasteiger partial charge in [-0.2, -0.15) is 0 Å². The van der Waals surface area contributed by atoms with Crippen LogP contribution in [0.4, 0.5) is 0 Å². The van der Waals surface area contributed by atoms with Gasteiger partial charge < -0.3 is 0 Å². The van der Waals surface area contributed by atoms with E-state index in [1.165, 1.54) is 0 Å². The SMILES string of the molecule is C/C(=C\C=C(/C)CCl)CCl. The number of halogens is 2. The van der Waals surface area contributed by atoms with Gasteiger partial charge in [0, 0.05) is 11.8 Å². The van der Waals surface area contributed by atoms with Gasteiger partial charge in [-0.15, -0.1) is 23.2 Å². The van der Waals surface area contributed by atoms with E-state index in [0.717, 1.165) is 11.1 Å². The largest absolute Gasteiger partial charge is 0.122 e. The van der Waals surface area contributed by atoms with E-state index in [1.54, 1.807) is 0 Å². The Morgan fingerprint density at radius 1 is 1.00 bits per heavy atom. The maximum atomic E-state index is 5.55. The minimum atomic E-state index is 0.589. The summed E-state index contributed by atoms with van der Waals surface area (Å²) in [5.74, 6) is 1.18. The van der Waals surface area contributed by atoms with Crippen molar-refractivity contribution < 1.29 is 0 Å². The lowest BCUT2D eigenvalue weighted by molar-refractivity contribution is 1.36. The van der Waals surface area contributed by atoms with Crippen molar-refractivity contribution >= 4 is 23.2 Å². The molecule has 0 aliphatic rings. The van der Waals surface area contributed by atoms with Gasteiger partial charge in [-0.05, 0) is 13.8 Å². The van der Waals surface area contributed by atoms with Gasteiger partial charge in [0.05, 0.1) is 0 Å². The van der Waals surface area contributed by atoms with Crippen molar-refractivity contribution in [2.24, 2.45) is 0 Å². The fraction of sp³-hybridized carbons (Fsp3) is 0.500. The quantitative estimate of drug-likeness (QED) is 0.460. The summed E-state index contributed by atoms with van der Waals surface area (Å²) in [4.78, 5) is 0. The summed E-state index contributed by atoms with van der Waals surface area (Å²) in [5, 5.41) is 0. The molecule has 10 heavy (non-hydrogen) atoms. The van der Waals surface area contributed by atoms with E-state index in [1.807, 2.05) is 26.0 Å². The molecule has 0 amide bonds. The number of rotatable bonds is 3. The summed E-state index contributed by atoms with van der Waals surface area (Å²) in [5.41, 5.74) is 2.32. The summed E-state index contributed by atoms with van der Waals surface area (Å²) in [6, 6.07) is 0. The minimum absolute atomic E-state index is 0.589. The third kappa shape index (κ3) is 4.89. The van der Waals surface area contributed by atoms with Gasteiger partial charge >= 0.3 is 0 Å². The smallest absolute Gasteiger partial charge is 0.0433 e. The van der Waals surface area contributed by atoms with Crippen LogP contribution in [0.5, 0.6) is 0 Å². The van der Waals surface area contributed by atoms with E-state index in [9.17, 15) is 0 Å². The fourth-order valence-corrected chi connectivity index (χ4v) is 0.552. The van der Waals surface area contributed by atoms with Crippen molar-refractivity contribution in [1.29, 1.82) is 0 Å². The van der Waals surface area contributed by atoms with Crippen LogP contribution in [-0.2, 0) is 0 Å². The monoisotopic (exact) mass is 178 g/mol. The highest BCUT2D eigenvalue weighted by Gasteiger charge is 1.83. The van der Waals surface area contributed by atoms with Gasteiger partial charge in [-0.3, -0.25) is 0 Å². The summed E-state index contributed by atoms with van der Waals surface area (Å²) < 4.78 is 0. The Morgan fingerprint density at radius 2 is 1.30 bits per heavy atom. The highest BCUT2D eigenvalue weighted by atomic mass is 35.5. The molecule has 0 spiro atoms. The zero-order valence-electron chi connectivity index (χ0n) is 6.32. The van der Waals surface area contributed by atoms with Crippen LogP contribution >= 0.6 is 23.2 Å². The molecule has 2 heteroatoms. The molecule has 0 saturated heterocycles. The Morgan fingerprint density at radius 3 is 1.50 bits per heavy atom. The lowest BCUT2D eigenvalue weighted by Gasteiger charge is -1.91. The van der Waals surface area contributed by atoms with Gasteiger partial charge in [0.1, 0.15) is 0 Å². The molecule has 0 aliphatic heterocycles. The summed E-state index contributed by atoms with van der Waals surface area (Å²) in [7, 11) is 0. The van der Waals surface area contributed by atoms with Crippen molar-refractivity contribution in [3.8, 4) is 0 Å². The van der Waals surface area contributed by atoms with Crippen LogP contribution in [0, 0.1) is 0 Å². The average molecular weight is 179 g/mol. The molecule has 0 N–H and O–H groups in total. The van der Waals surface area contributed by atoms with Gasteiger partial charge in [-0.1, -0.05) is 23.3 Å². The second-order valence-electron chi connectivity index (χ2n) is 2.29. The zero-order valence-corrected chi connectivity index (χ0v) is 7.84. The molecule has 0 radical (unpaired) electrons. The van der Waals surface area contributed by atoms with Crippen molar-refractivity contribution in [1.82, 2.24) is 0 Å². The second-order valence-corrected chi connectivity index (χ2v) is 2.83. The molecule has 0 rings (SSSR count). The predicted molar refractivity (Wildman–Crippen MR) is 49.0 cm³/mol. The molecule has 0 unspecified atom stereocenters. The first-order valence-electron chi connectivity index (χ1n) is 3.15. The van der Waals surface area contributed by atoms with E-state index < -0.39 is 0 Å². The first-order chi connectivity index (χ1) is 4.70. The van der Waals surface area contributed by atoms with E-state index in [2.05, 4.69) is 0 Å². The van der Waals surface area contributed by atoms with Crippen LogP contribution in [0.25, 0.3) is 0 Å². The molecule has 0 saturated carbocycles. The predicted octanol–water partition coefficient (Wildman–Crippen LogP) is 3.36. The van der Waals surface area contributed by atoms with Crippen LogP contribution in [0.1, 0.15) is 13.8 Å². The van der Waals surface area contributed by atoms with Gasteiger partial charge in [0.25, 0.3) is 0 Å². The average Bonchev–Trinajstić information content (AvgIpc) is 1.99. The van der Waals surface area contributed by atoms with Crippen LogP contribution in [0.15, 0.2) is 23.3 Å². The van der Waals surface area contributed by atoms with Crippen molar-refractivity contribution in [2.75, 3.05) is 11.8 Å². The summed E-state index contributed by atoms with van der Waals surface area (Å²) in [6.07, 6.45) is 3.98. The number of allylic oxidation sites excluding steroid dienone is 4. The van der Waals surface area contributed by atoms with Crippen molar-refractivity contribution in [2.45, 2.75) is 13.8 Å². The minimum Gasteiger partial charge on any atom is -0.122 e. The van der Waals surface area contributed by atoms with E-state index in [0.29, 0.717) is 11.8 Å². The normalized spacial score (nSPS) is 14.0. The zero-order chi connectivity index (χ0) is 7.98. The lowest BCUT2D eigenvalue weighted by Crippen LogP contribution is -1.77. The highest BCUT2D eigenvalue weighted by Crippen LogP contribution is 2.00. The standard InChI is InChI=1S/C8H12Cl2/c1-7(5-9)3-4-8(2)6-10/h3-4H,5-6H2,1-2H3/b7-3+,8-4+. The molecular formula is C8H12Cl2. The highest BCUT2D eigenvalue weighted by molar-refractivity contribution is 6.19. The molecule has 0 nitrogen and oxygen atoms in total. The number of hydrogen-bond acceptors (Lipinski definition) is 0. The third-order valence-corrected chi connectivity index (χ3v) is 1.92. The number of hydrogen-bond donors (Lipinski definition) is 0. The molecule has 0 aliphatic carbocycles. The van der Waals surface area contributed by atoms with E-state index >= 15 is 0 Å². The van der Waals surface area contributed by atoms with Crippen LogP contribution in [0.2, 0.25) is 0 Å². The molecule has 0 fully saturated rings. The first-order valence-corrected chi connectivity index (χ1v) is 4.22. The van der Waals surface area contributed by atoms with Gasteiger partial charge in [0.2, 0.25) is 0 Å². The van der Waals surface area contributed by atoms with Crippen molar-refractivity contribution in [3.63, 3.8) is 0 Å². The Kier molecular flexibility index (Phi) is 5.85. The molecule has 0 aromatic carbocycles. The Bertz CT molecular complexity index is 127. The molecule has 0 bridgehead atoms. The molecular weight excluding hydrogens is 167 g/mol. The Labute approximate surface area is 72.5 Å². The van der Waals surface area contributed by atoms with E-state index in [-0.39, 0.29) is 0 Å². The van der Waals surface area contributed by atoms with Crippen LogP contribution < -0.4 is 0 Å². The molecule has 0 heterocycles. The van der Waals surface area contributed by atoms with Crippen LogP contribution in [0.3, 0.4) is 0 Å². The molecule has 58 valence electrons. The fourth-order valence-electron chi connectivity index (χ4n) is 0.374. The molecule has 0 atom stereocenters. The Hall–Kier alpha value is 0.0600. The van der Waals surface area contributed by atoms with Gasteiger partial charge in [0.15, 0.2) is 0 Å². The molecule has 0 aromatic rings. The van der Waals surface area contributed by atoms with E-state index in [4.69, 9.17) is 23.2 Å². The summed E-state index contributed by atoms with van der Waals surface area (Å²) >= 11 is 11.1. The molecule has 0 aromatic heterocycles. The van der Waals surface area contributed by atoms with Crippen molar-refractivity contribution in [3.05, 3.63) is 23.3 Å². The van der Waals surface area contributed by atoms with Gasteiger partial charge in [-0.25, -0.2) is 0 Å². The number of alkyl halides is 2. The maximum absolute atomic E-state index is 5.55. The third-order valence-electron chi connectivity index (χ3n) is 1.07.